The van der Waals surface area contributed by atoms with Gasteiger partial charge in [-0.1, -0.05) is 65.4 Å². The summed E-state index contributed by atoms with van der Waals surface area (Å²) >= 11 is 0. The van der Waals surface area contributed by atoms with Crippen LogP contribution < -0.4 is 0 Å². The quantitative estimate of drug-likeness (QED) is 0.169. The van der Waals surface area contributed by atoms with Gasteiger partial charge >= 0.3 is 0 Å². The second-order valence-corrected chi connectivity index (χ2v) is 5.08. The minimum absolute atomic E-state index is 0.417. The van der Waals surface area contributed by atoms with E-state index < -0.39 is 0 Å². The molecule has 0 radical (unpaired) electrons. The van der Waals surface area contributed by atoms with Crippen molar-refractivity contribution >= 4 is 0 Å². The highest BCUT2D eigenvalue weighted by Gasteiger charge is 1.96. The predicted octanol–water partition coefficient (Wildman–Crippen LogP) is 4.51. The van der Waals surface area contributed by atoms with Crippen LogP contribution in [0.5, 0.6) is 0 Å². The first kappa shape index (κ1) is 20.3. The van der Waals surface area contributed by atoms with Crippen molar-refractivity contribution in [2.75, 3.05) is 6.61 Å². The van der Waals surface area contributed by atoms with Crippen LogP contribution in [0.3, 0.4) is 0 Å². The maximum Gasteiger partial charge on any atom is 0.125 e. The molecule has 0 aromatic heterocycles. The Morgan fingerprint density at radius 3 is 2.00 bits per heavy atom. The molecule has 21 heavy (non-hydrogen) atoms. The van der Waals surface area contributed by atoms with Crippen molar-refractivity contribution in [1.82, 2.24) is 0 Å². The molecule has 0 aromatic carbocycles. The molecule has 0 fully saturated rings. The number of hydrogen-bond donors (Lipinski definition) is 0. The van der Waals surface area contributed by atoms with Gasteiger partial charge in [0.15, 0.2) is 0 Å². The third-order valence-electron chi connectivity index (χ3n) is 2.78. The summed E-state index contributed by atoms with van der Waals surface area (Å²) in [6, 6.07) is 0. The van der Waals surface area contributed by atoms with Gasteiger partial charge in [0.25, 0.3) is 0 Å². The Morgan fingerprint density at radius 1 is 0.762 bits per heavy atom. The van der Waals surface area contributed by atoms with Gasteiger partial charge in [-0.3, -0.25) is 0 Å². The lowest BCUT2D eigenvalue weighted by atomic mass is 10.0. The monoisotopic (exact) mass is 308 g/mol. The normalized spacial score (nSPS) is 11.0. The maximum atomic E-state index is 4.67. The zero-order valence-electron chi connectivity index (χ0n) is 13.1. The molecule has 7 nitrogen and oxygen atoms in total. The van der Waals surface area contributed by atoms with Crippen LogP contribution in [0.2, 0.25) is 0 Å². The van der Waals surface area contributed by atoms with Crippen LogP contribution in [0.4, 0.5) is 0 Å². The summed E-state index contributed by atoms with van der Waals surface area (Å²) in [6.07, 6.45) is 10.8. The SMILES string of the molecule is C=COOOOOOOCCCCCCCCCC(C)C. The highest BCUT2D eigenvalue weighted by molar-refractivity contribution is 4.49. The van der Waals surface area contributed by atoms with Crippen LogP contribution in [-0.4, -0.2) is 6.61 Å². The third-order valence-corrected chi connectivity index (χ3v) is 2.78. The van der Waals surface area contributed by atoms with E-state index in [-0.39, 0.29) is 0 Å². The van der Waals surface area contributed by atoms with Gasteiger partial charge in [0.2, 0.25) is 0 Å². The van der Waals surface area contributed by atoms with Gasteiger partial charge in [0.1, 0.15) is 6.26 Å². The molecule has 0 amide bonds. The molecule has 0 aliphatic carbocycles. The summed E-state index contributed by atoms with van der Waals surface area (Å²) in [5.41, 5.74) is 0. The molecule has 0 aliphatic heterocycles. The van der Waals surface area contributed by atoms with Crippen LogP contribution >= 0.6 is 0 Å². The Bertz CT molecular complexity index is 211. The molecular weight excluding hydrogens is 280 g/mol. The number of unbranched alkanes of at least 4 members (excludes halogenated alkanes) is 6. The van der Waals surface area contributed by atoms with Crippen LogP contribution in [-0.2, 0) is 35.0 Å². The van der Waals surface area contributed by atoms with Gasteiger partial charge in [-0.25, -0.2) is 4.89 Å². The Balaban J connectivity index is 2.95. The fourth-order valence-electron chi connectivity index (χ4n) is 1.73. The topological polar surface area (TPSA) is 64.6 Å². The second-order valence-electron chi connectivity index (χ2n) is 5.08. The summed E-state index contributed by atoms with van der Waals surface area (Å²) < 4.78 is 0. The van der Waals surface area contributed by atoms with Crippen molar-refractivity contribution in [2.45, 2.75) is 65.2 Å². The Morgan fingerprint density at radius 2 is 1.33 bits per heavy atom. The van der Waals surface area contributed by atoms with Gasteiger partial charge < -0.3 is 4.89 Å². The van der Waals surface area contributed by atoms with Crippen LogP contribution in [0.1, 0.15) is 65.2 Å². The smallest absolute Gasteiger partial charge is 0.125 e. The first-order chi connectivity index (χ1) is 10.3. The summed E-state index contributed by atoms with van der Waals surface area (Å²) in [4.78, 5) is 8.76. The minimum Gasteiger partial charge on any atom is -0.315 e. The second kappa shape index (κ2) is 17.4. The number of rotatable bonds is 17. The van der Waals surface area contributed by atoms with Crippen LogP contribution in [0, 0.1) is 5.92 Å². The van der Waals surface area contributed by atoms with E-state index in [9.17, 15) is 0 Å². The molecule has 0 N–H and O–H groups in total. The molecular formula is C14H28O7. The van der Waals surface area contributed by atoms with Crippen molar-refractivity contribution in [3.05, 3.63) is 12.8 Å². The predicted molar refractivity (Wildman–Crippen MR) is 74.4 cm³/mol. The zero-order valence-corrected chi connectivity index (χ0v) is 13.1. The van der Waals surface area contributed by atoms with E-state index in [0.29, 0.717) is 6.61 Å². The van der Waals surface area contributed by atoms with E-state index in [1.165, 1.54) is 38.5 Å². The zero-order chi connectivity index (χ0) is 15.6. The lowest BCUT2D eigenvalue weighted by Gasteiger charge is -2.04. The molecule has 0 saturated heterocycles. The Hall–Kier alpha value is -0.700. The third kappa shape index (κ3) is 19.3. The van der Waals surface area contributed by atoms with Gasteiger partial charge in [-0.15, -0.1) is 0 Å². The molecule has 0 unspecified atom stereocenters. The lowest BCUT2D eigenvalue weighted by Crippen LogP contribution is -2.01. The molecule has 0 aromatic rings. The molecule has 0 rings (SSSR count). The van der Waals surface area contributed by atoms with Gasteiger partial charge in [-0.05, 0) is 22.4 Å². The van der Waals surface area contributed by atoms with Crippen LogP contribution in [0.25, 0.3) is 0 Å². The van der Waals surface area contributed by atoms with E-state index in [1.807, 2.05) is 0 Å². The lowest BCUT2D eigenvalue weighted by molar-refractivity contribution is -0.786. The van der Waals surface area contributed by atoms with Crippen LogP contribution in [0.15, 0.2) is 12.8 Å². The molecule has 126 valence electrons. The Labute approximate surface area is 126 Å². The molecule has 7 heteroatoms. The number of hydrogen-bond acceptors (Lipinski definition) is 7. The van der Waals surface area contributed by atoms with E-state index in [0.717, 1.165) is 25.0 Å². The fourth-order valence-corrected chi connectivity index (χ4v) is 1.73. The highest BCUT2D eigenvalue weighted by atomic mass is 17.9. The summed E-state index contributed by atoms with van der Waals surface area (Å²) in [6.45, 7) is 8.15. The summed E-state index contributed by atoms with van der Waals surface area (Å²) in [5, 5.41) is 19.8. The fraction of sp³-hybridized carbons (Fsp3) is 0.857. The van der Waals surface area contributed by atoms with Gasteiger partial charge in [0.05, 0.1) is 6.61 Å². The maximum absolute atomic E-state index is 4.67. The summed E-state index contributed by atoms with van der Waals surface area (Å²) in [7, 11) is 0. The molecule has 0 atom stereocenters. The largest absolute Gasteiger partial charge is 0.315 e. The van der Waals surface area contributed by atoms with Crippen molar-refractivity contribution in [3.63, 3.8) is 0 Å². The minimum atomic E-state index is 0.417. The summed E-state index contributed by atoms with van der Waals surface area (Å²) in [5.74, 6) is 0.819. The molecule has 0 saturated carbocycles. The van der Waals surface area contributed by atoms with Gasteiger partial charge in [0, 0.05) is 15.1 Å². The van der Waals surface area contributed by atoms with Crippen molar-refractivity contribution in [2.24, 2.45) is 5.92 Å². The molecule has 0 bridgehead atoms. The molecule has 0 heterocycles. The van der Waals surface area contributed by atoms with E-state index >= 15 is 0 Å². The van der Waals surface area contributed by atoms with E-state index in [2.05, 4.69) is 55.4 Å². The van der Waals surface area contributed by atoms with E-state index in [1.54, 1.807) is 0 Å². The van der Waals surface area contributed by atoms with Crippen molar-refractivity contribution < 1.29 is 35.0 Å². The molecule has 0 aliphatic rings. The molecule has 0 spiro atoms. The van der Waals surface area contributed by atoms with Crippen molar-refractivity contribution in [3.8, 4) is 0 Å². The Kier molecular flexibility index (Phi) is 16.8. The average Bonchev–Trinajstić information content (AvgIpc) is 2.46. The van der Waals surface area contributed by atoms with Gasteiger partial charge in [-0.2, -0.15) is 0 Å². The first-order valence-corrected chi connectivity index (χ1v) is 7.50. The van der Waals surface area contributed by atoms with Crippen molar-refractivity contribution in [1.29, 1.82) is 0 Å². The highest BCUT2D eigenvalue weighted by Crippen LogP contribution is 2.11. The standard InChI is InChI=1S/C14H28O7/c1-4-15-17-19-21-20-18-16-13-11-9-7-5-6-8-10-12-14(2)3/h4,14H,1,5-13H2,2-3H3. The first-order valence-electron chi connectivity index (χ1n) is 7.50. The van der Waals surface area contributed by atoms with E-state index in [4.69, 9.17) is 0 Å². The average molecular weight is 308 g/mol.